The van der Waals surface area contributed by atoms with Crippen molar-refractivity contribution in [3.05, 3.63) is 35.4 Å². The highest BCUT2D eigenvalue weighted by Crippen LogP contribution is 2.36. The van der Waals surface area contributed by atoms with Crippen LogP contribution in [-0.2, 0) is 4.79 Å². The fourth-order valence-electron chi connectivity index (χ4n) is 3.35. The fourth-order valence-corrected chi connectivity index (χ4v) is 3.35. The third kappa shape index (κ3) is 1.93. The summed E-state index contributed by atoms with van der Waals surface area (Å²) < 4.78 is 0. The minimum atomic E-state index is -0.720. The van der Waals surface area contributed by atoms with Crippen LogP contribution in [0.5, 0.6) is 0 Å². The third-order valence-corrected chi connectivity index (χ3v) is 4.35. The average Bonchev–Trinajstić information content (AvgIpc) is 2.46. The van der Waals surface area contributed by atoms with Crippen molar-refractivity contribution < 1.29 is 14.4 Å². The molecule has 1 atom stereocenters. The van der Waals surface area contributed by atoms with Crippen molar-refractivity contribution in [1.82, 2.24) is 0 Å². The number of hydrogen-bond donors (Lipinski definition) is 0. The number of rotatable bonds is 1. The monoisotopic (exact) mass is 256 g/mol. The van der Waals surface area contributed by atoms with Crippen LogP contribution in [0, 0.1) is 11.8 Å². The van der Waals surface area contributed by atoms with Crippen molar-refractivity contribution >= 4 is 17.3 Å². The van der Waals surface area contributed by atoms with E-state index in [0.717, 1.165) is 32.1 Å². The van der Waals surface area contributed by atoms with Gasteiger partial charge in [-0.3, -0.25) is 14.4 Å². The molecule has 0 amide bonds. The number of Topliss-reactive ketones (excluding diaryl/α,β-unsaturated/α-hetero) is 3. The molecule has 0 aromatic heterocycles. The molecule has 2 aliphatic rings. The smallest absolute Gasteiger partial charge is 0.230 e. The largest absolute Gasteiger partial charge is 0.293 e. The summed E-state index contributed by atoms with van der Waals surface area (Å²) in [6.45, 7) is 0. The van der Waals surface area contributed by atoms with Crippen LogP contribution in [0.4, 0.5) is 0 Å². The number of carbonyl (C=O) groups is 3. The molecule has 0 radical (unpaired) electrons. The van der Waals surface area contributed by atoms with Gasteiger partial charge in [0.1, 0.15) is 0 Å². The lowest BCUT2D eigenvalue weighted by atomic mass is 9.70. The van der Waals surface area contributed by atoms with Crippen LogP contribution >= 0.6 is 0 Å². The van der Waals surface area contributed by atoms with Crippen molar-refractivity contribution in [3.63, 3.8) is 0 Å². The summed E-state index contributed by atoms with van der Waals surface area (Å²) in [6.07, 6.45) is 5.04. The maximum atomic E-state index is 12.5. The van der Waals surface area contributed by atoms with Crippen LogP contribution in [0.15, 0.2) is 24.3 Å². The molecule has 98 valence electrons. The standard InChI is InChI=1S/C16H16O3/c17-14-11-8-4-5-9-12(11)15(18)16(19)13(14)10-6-2-1-3-7-10/h4-5,8-10,13H,1-3,6-7H2/t13-/m0/s1. The molecule has 0 saturated heterocycles. The lowest BCUT2D eigenvalue weighted by Crippen LogP contribution is -2.41. The maximum absolute atomic E-state index is 12.5. The van der Waals surface area contributed by atoms with Crippen molar-refractivity contribution in [2.45, 2.75) is 32.1 Å². The summed E-state index contributed by atoms with van der Waals surface area (Å²) in [5, 5.41) is 0. The normalized spacial score (nSPS) is 24.4. The Kier molecular flexibility index (Phi) is 3.05. The van der Waals surface area contributed by atoms with E-state index in [2.05, 4.69) is 0 Å². The van der Waals surface area contributed by atoms with E-state index in [9.17, 15) is 14.4 Å². The molecule has 3 nitrogen and oxygen atoms in total. The predicted octanol–water partition coefficient (Wildman–Crippen LogP) is 2.83. The van der Waals surface area contributed by atoms with Gasteiger partial charge in [-0.15, -0.1) is 0 Å². The number of ketones is 3. The molecule has 1 fully saturated rings. The highest BCUT2D eigenvalue weighted by molar-refractivity contribution is 6.51. The minimum absolute atomic E-state index is 0.0612. The zero-order chi connectivity index (χ0) is 13.4. The summed E-state index contributed by atoms with van der Waals surface area (Å²) in [7, 11) is 0. The molecule has 1 aromatic carbocycles. The predicted molar refractivity (Wildman–Crippen MR) is 70.2 cm³/mol. The first-order chi connectivity index (χ1) is 9.20. The summed E-state index contributed by atoms with van der Waals surface area (Å²) in [5.41, 5.74) is 0.715. The molecule has 3 rings (SSSR count). The van der Waals surface area contributed by atoms with Crippen LogP contribution in [0.2, 0.25) is 0 Å². The molecule has 0 aliphatic heterocycles. The van der Waals surface area contributed by atoms with Crippen LogP contribution < -0.4 is 0 Å². The van der Waals surface area contributed by atoms with Gasteiger partial charge >= 0.3 is 0 Å². The second-order valence-corrected chi connectivity index (χ2v) is 5.48. The summed E-state index contributed by atoms with van der Waals surface area (Å²) in [4.78, 5) is 36.8. The van der Waals surface area contributed by atoms with Gasteiger partial charge in [0.2, 0.25) is 11.6 Å². The summed E-state index contributed by atoms with van der Waals surface area (Å²) >= 11 is 0. The number of benzene rings is 1. The van der Waals surface area contributed by atoms with E-state index in [4.69, 9.17) is 0 Å². The van der Waals surface area contributed by atoms with Gasteiger partial charge in [0.25, 0.3) is 0 Å². The van der Waals surface area contributed by atoms with Gasteiger partial charge < -0.3 is 0 Å². The molecule has 3 heteroatoms. The van der Waals surface area contributed by atoms with Crippen LogP contribution in [0.25, 0.3) is 0 Å². The van der Waals surface area contributed by atoms with Crippen molar-refractivity contribution in [3.8, 4) is 0 Å². The third-order valence-electron chi connectivity index (χ3n) is 4.35. The summed E-state index contributed by atoms with van der Waals surface area (Å²) in [6, 6.07) is 6.68. The minimum Gasteiger partial charge on any atom is -0.293 e. The molecule has 1 aromatic rings. The zero-order valence-electron chi connectivity index (χ0n) is 10.7. The lowest BCUT2D eigenvalue weighted by Gasteiger charge is -2.30. The Morgan fingerprint density at radius 1 is 0.789 bits per heavy atom. The van der Waals surface area contributed by atoms with Crippen LogP contribution in [-0.4, -0.2) is 17.3 Å². The Balaban J connectivity index is 2.01. The van der Waals surface area contributed by atoms with E-state index >= 15 is 0 Å². The molecule has 0 heterocycles. The first-order valence-electron chi connectivity index (χ1n) is 6.92. The van der Waals surface area contributed by atoms with Gasteiger partial charge in [0, 0.05) is 11.1 Å². The highest BCUT2D eigenvalue weighted by Gasteiger charge is 2.44. The maximum Gasteiger partial charge on any atom is 0.230 e. The van der Waals surface area contributed by atoms with Gasteiger partial charge in [-0.1, -0.05) is 43.5 Å². The van der Waals surface area contributed by atoms with Gasteiger partial charge in [-0.05, 0) is 18.8 Å². The Morgan fingerprint density at radius 3 is 2.11 bits per heavy atom. The van der Waals surface area contributed by atoms with Gasteiger partial charge in [-0.2, -0.15) is 0 Å². The topological polar surface area (TPSA) is 51.2 Å². The first kappa shape index (κ1) is 12.3. The lowest BCUT2D eigenvalue weighted by molar-refractivity contribution is -0.119. The van der Waals surface area contributed by atoms with Gasteiger partial charge in [-0.25, -0.2) is 0 Å². The molecule has 0 N–H and O–H groups in total. The van der Waals surface area contributed by atoms with Crippen molar-refractivity contribution in [2.24, 2.45) is 11.8 Å². The molecule has 0 unspecified atom stereocenters. The van der Waals surface area contributed by atoms with Gasteiger partial charge in [0.05, 0.1) is 5.92 Å². The molecule has 0 bridgehead atoms. The molecular formula is C16H16O3. The van der Waals surface area contributed by atoms with Gasteiger partial charge in [0.15, 0.2) is 5.78 Å². The molecule has 19 heavy (non-hydrogen) atoms. The van der Waals surface area contributed by atoms with E-state index in [-0.39, 0.29) is 17.3 Å². The second-order valence-electron chi connectivity index (χ2n) is 5.48. The van der Waals surface area contributed by atoms with E-state index < -0.39 is 17.5 Å². The highest BCUT2D eigenvalue weighted by atomic mass is 16.2. The Hall–Kier alpha value is -1.77. The number of hydrogen-bond acceptors (Lipinski definition) is 3. The fraction of sp³-hybridized carbons (Fsp3) is 0.438. The number of carbonyl (C=O) groups excluding carboxylic acids is 3. The number of fused-ring (bicyclic) bond motifs is 1. The molecule has 2 aliphatic carbocycles. The van der Waals surface area contributed by atoms with Crippen molar-refractivity contribution in [1.29, 1.82) is 0 Å². The molecule has 0 spiro atoms. The zero-order valence-corrected chi connectivity index (χ0v) is 10.7. The molecule has 1 saturated carbocycles. The Labute approximate surface area is 112 Å². The first-order valence-corrected chi connectivity index (χ1v) is 6.92. The summed E-state index contributed by atoms with van der Waals surface area (Å²) in [5.74, 6) is -1.78. The quantitative estimate of drug-likeness (QED) is 0.573. The van der Waals surface area contributed by atoms with E-state index in [1.807, 2.05) is 0 Å². The second kappa shape index (κ2) is 4.72. The Bertz CT molecular complexity index is 553. The Morgan fingerprint density at radius 2 is 1.42 bits per heavy atom. The van der Waals surface area contributed by atoms with Crippen LogP contribution in [0.1, 0.15) is 52.8 Å². The van der Waals surface area contributed by atoms with Crippen molar-refractivity contribution in [2.75, 3.05) is 0 Å². The van der Waals surface area contributed by atoms with E-state index in [1.165, 1.54) is 0 Å². The SMILES string of the molecule is O=C1C(=O)[C@@H](C2CCCCC2)C(=O)c2ccccc21. The molecular weight excluding hydrogens is 240 g/mol. The van der Waals surface area contributed by atoms with E-state index in [1.54, 1.807) is 24.3 Å². The average molecular weight is 256 g/mol. The van der Waals surface area contributed by atoms with Crippen LogP contribution in [0.3, 0.4) is 0 Å². The van der Waals surface area contributed by atoms with E-state index in [0.29, 0.717) is 5.56 Å².